The predicted molar refractivity (Wildman–Crippen MR) is 64.1 cm³/mol. The van der Waals surface area contributed by atoms with Crippen molar-refractivity contribution in [3.05, 3.63) is 0 Å². The van der Waals surface area contributed by atoms with Crippen molar-refractivity contribution in [2.45, 2.75) is 45.6 Å². The first-order valence-corrected chi connectivity index (χ1v) is 6.27. The summed E-state index contributed by atoms with van der Waals surface area (Å²) in [5.41, 5.74) is -0.186. The van der Waals surface area contributed by atoms with Gasteiger partial charge in [0.2, 0.25) is 5.91 Å². The Hall–Kier alpha value is -0.610. The second kappa shape index (κ2) is 6.21. The van der Waals surface area contributed by atoms with E-state index in [0.717, 1.165) is 32.4 Å². The van der Waals surface area contributed by atoms with E-state index < -0.39 is 0 Å². The number of amides is 1. The first-order chi connectivity index (χ1) is 7.64. The smallest absolute Gasteiger partial charge is 0.226 e. The highest BCUT2D eigenvalue weighted by Crippen LogP contribution is 2.32. The summed E-state index contributed by atoms with van der Waals surface area (Å²) in [5, 5.41) is 15.1. The molecule has 94 valence electrons. The summed E-state index contributed by atoms with van der Waals surface area (Å²) in [5.74, 6) is 0.164. The molecule has 0 saturated carbocycles. The van der Waals surface area contributed by atoms with Crippen LogP contribution in [0.25, 0.3) is 0 Å². The Kier molecular flexibility index (Phi) is 5.22. The molecule has 1 aliphatic rings. The Bertz CT molecular complexity index is 225. The van der Waals surface area contributed by atoms with Crippen LogP contribution in [0, 0.1) is 5.41 Å². The summed E-state index contributed by atoms with van der Waals surface area (Å²) in [4.78, 5) is 12.2. The highest BCUT2D eigenvalue weighted by Gasteiger charge is 2.37. The average molecular weight is 228 g/mol. The molecule has 1 heterocycles. The number of rotatable bonds is 5. The standard InChI is InChI=1S/C12H24N2O2/c1-3-12(5-7-13-8-6-12)11(16)14-10(2)4-9-15/h10,13,15H,3-9H2,1-2H3,(H,14,16). The molecule has 1 aliphatic heterocycles. The lowest BCUT2D eigenvalue weighted by Gasteiger charge is -2.36. The molecule has 0 bridgehead atoms. The minimum atomic E-state index is -0.186. The van der Waals surface area contributed by atoms with E-state index in [1.54, 1.807) is 0 Å². The second-order valence-electron chi connectivity index (χ2n) is 4.77. The van der Waals surface area contributed by atoms with Crippen molar-refractivity contribution < 1.29 is 9.90 Å². The third-order valence-electron chi connectivity index (χ3n) is 3.66. The lowest BCUT2D eigenvalue weighted by atomic mass is 9.75. The van der Waals surface area contributed by atoms with Crippen LogP contribution in [-0.4, -0.2) is 36.8 Å². The van der Waals surface area contributed by atoms with Gasteiger partial charge in [-0.05, 0) is 45.7 Å². The van der Waals surface area contributed by atoms with E-state index >= 15 is 0 Å². The van der Waals surface area contributed by atoms with Crippen LogP contribution in [-0.2, 0) is 4.79 Å². The van der Waals surface area contributed by atoms with Crippen molar-refractivity contribution in [1.29, 1.82) is 0 Å². The van der Waals surface area contributed by atoms with E-state index in [-0.39, 0.29) is 24.0 Å². The fourth-order valence-electron chi connectivity index (χ4n) is 2.29. The number of carbonyl (C=O) groups excluding carboxylic acids is 1. The molecule has 1 amide bonds. The molecule has 0 aromatic rings. The second-order valence-corrected chi connectivity index (χ2v) is 4.77. The van der Waals surface area contributed by atoms with Crippen LogP contribution in [0.2, 0.25) is 0 Å². The molecule has 4 heteroatoms. The largest absolute Gasteiger partial charge is 0.396 e. The van der Waals surface area contributed by atoms with Gasteiger partial charge in [-0.25, -0.2) is 0 Å². The molecule has 3 N–H and O–H groups in total. The van der Waals surface area contributed by atoms with E-state index in [9.17, 15) is 4.79 Å². The summed E-state index contributed by atoms with van der Waals surface area (Å²) >= 11 is 0. The molecular weight excluding hydrogens is 204 g/mol. The van der Waals surface area contributed by atoms with Gasteiger partial charge >= 0.3 is 0 Å². The highest BCUT2D eigenvalue weighted by atomic mass is 16.3. The lowest BCUT2D eigenvalue weighted by molar-refractivity contribution is -0.133. The first-order valence-electron chi connectivity index (χ1n) is 6.27. The van der Waals surface area contributed by atoms with Crippen LogP contribution < -0.4 is 10.6 Å². The zero-order valence-electron chi connectivity index (χ0n) is 10.4. The van der Waals surface area contributed by atoms with Crippen LogP contribution in [0.1, 0.15) is 39.5 Å². The summed E-state index contributed by atoms with van der Waals surface area (Å²) < 4.78 is 0. The fourth-order valence-corrected chi connectivity index (χ4v) is 2.29. The zero-order chi connectivity index (χ0) is 12.0. The maximum Gasteiger partial charge on any atom is 0.226 e. The van der Waals surface area contributed by atoms with Crippen LogP contribution >= 0.6 is 0 Å². The summed E-state index contributed by atoms with van der Waals surface area (Å²) in [6, 6.07) is 0.0656. The van der Waals surface area contributed by atoms with Crippen LogP contribution in [0.4, 0.5) is 0 Å². The SMILES string of the molecule is CCC1(C(=O)NC(C)CCO)CCNCC1. The van der Waals surface area contributed by atoms with Gasteiger partial charge in [0, 0.05) is 12.6 Å². The Labute approximate surface area is 97.8 Å². The van der Waals surface area contributed by atoms with Gasteiger partial charge < -0.3 is 15.7 Å². The Morgan fingerprint density at radius 2 is 2.12 bits per heavy atom. The summed E-state index contributed by atoms with van der Waals surface area (Å²) in [7, 11) is 0. The highest BCUT2D eigenvalue weighted by molar-refractivity contribution is 5.83. The molecule has 1 fully saturated rings. The third kappa shape index (κ3) is 3.19. The number of piperidine rings is 1. The van der Waals surface area contributed by atoms with E-state index in [1.807, 2.05) is 6.92 Å². The quantitative estimate of drug-likeness (QED) is 0.647. The topological polar surface area (TPSA) is 61.4 Å². The molecule has 0 aromatic heterocycles. The minimum absolute atomic E-state index is 0.0656. The average Bonchev–Trinajstić information content (AvgIpc) is 2.30. The molecular formula is C12H24N2O2. The molecule has 0 aromatic carbocycles. The Balaban J connectivity index is 2.54. The minimum Gasteiger partial charge on any atom is -0.396 e. The number of nitrogens with one attached hydrogen (secondary N) is 2. The van der Waals surface area contributed by atoms with Crippen molar-refractivity contribution >= 4 is 5.91 Å². The Morgan fingerprint density at radius 3 is 2.62 bits per heavy atom. The number of aliphatic hydroxyl groups is 1. The van der Waals surface area contributed by atoms with Crippen LogP contribution in [0.15, 0.2) is 0 Å². The van der Waals surface area contributed by atoms with Gasteiger partial charge in [0.25, 0.3) is 0 Å². The molecule has 0 spiro atoms. The van der Waals surface area contributed by atoms with Crippen molar-refractivity contribution in [2.75, 3.05) is 19.7 Å². The molecule has 1 unspecified atom stereocenters. The molecule has 16 heavy (non-hydrogen) atoms. The van der Waals surface area contributed by atoms with Gasteiger partial charge in [-0.2, -0.15) is 0 Å². The van der Waals surface area contributed by atoms with Gasteiger partial charge in [-0.15, -0.1) is 0 Å². The lowest BCUT2D eigenvalue weighted by Crippen LogP contribution is -2.49. The summed E-state index contributed by atoms with van der Waals surface area (Å²) in [6.45, 7) is 6.01. The van der Waals surface area contributed by atoms with Crippen molar-refractivity contribution in [1.82, 2.24) is 10.6 Å². The number of hydrogen-bond acceptors (Lipinski definition) is 3. The number of carbonyl (C=O) groups is 1. The molecule has 1 atom stereocenters. The van der Waals surface area contributed by atoms with E-state index in [4.69, 9.17) is 5.11 Å². The van der Waals surface area contributed by atoms with Gasteiger partial charge in [0.1, 0.15) is 0 Å². The van der Waals surface area contributed by atoms with E-state index in [1.165, 1.54) is 0 Å². The molecule has 0 aliphatic carbocycles. The van der Waals surface area contributed by atoms with Gasteiger partial charge in [-0.1, -0.05) is 6.92 Å². The summed E-state index contributed by atoms with van der Waals surface area (Å²) in [6.07, 6.45) is 3.36. The van der Waals surface area contributed by atoms with Gasteiger partial charge in [0.05, 0.1) is 5.41 Å². The third-order valence-corrected chi connectivity index (χ3v) is 3.66. The van der Waals surface area contributed by atoms with Crippen molar-refractivity contribution in [3.8, 4) is 0 Å². The monoisotopic (exact) mass is 228 g/mol. The van der Waals surface area contributed by atoms with Gasteiger partial charge in [-0.3, -0.25) is 4.79 Å². The number of hydrogen-bond donors (Lipinski definition) is 3. The molecule has 1 rings (SSSR count). The first kappa shape index (κ1) is 13.5. The molecule has 1 saturated heterocycles. The normalized spacial score (nSPS) is 21.4. The van der Waals surface area contributed by atoms with Crippen molar-refractivity contribution in [2.24, 2.45) is 5.41 Å². The molecule has 0 radical (unpaired) electrons. The maximum atomic E-state index is 12.2. The number of aliphatic hydroxyl groups excluding tert-OH is 1. The van der Waals surface area contributed by atoms with Crippen molar-refractivity contribution in [3.63, 3.8) is 0 Å². The fraction of sp³-hybridized carbons (Fsp3) is 0.917. The van der Waals surface area contributed by atoms with Crippen LogP contribution in [0.3, 0.4) is 0 Å². The van der Waals surface area contributed by atoms with Crippen LogP contribution in [0.5, 0.6) is 0 Å². The molecule has 4 nitrogen and oxygen atoms in total. The van der Waals surface area contributed by atoms with E-state index in [2.05, 4.69) is 17.6 Å². The zero-order valence-corrected chi connectivity index (χ0v) is 10.4. The predicted octanol–water partition coefficient (Wildman–Crippen LogP) is 0.653. The maximum absolute atomic E-state index is 12.2. The van der Waals surface area contributed by atoms with E-state index in [0.29, 0.717) is 6.42 Å². The Morgan fingerprint density at radius 1 is 1.50 bits per heavy atom. The van der Waals surface area contributed by atoms with Gasteiger partial charge in [0.15, 0.2) is 0 Å².